The molecule has 2 aliphatic rings. The number of piperidine rings is 1. The molecule has 2 atom stereocenters. The first-order chi connectivity index (χ1) is 14.5. The number of amides is 2. The molecule has 2 unspecified atom stereocenters. The monoisotopic (exact) mass is 450 g/mol. The molecule has 31 heavy (non-hydrogen) atoms. The van der Waals surface area contributed by atoms with Crippen LogP contribution in [-0.4, -0.2) is 59.7 Å². The van der Waals surface area contributed by atoms with Crippen LogP contribution in [0.5, 0.6) is 5.75 Å². The smallest absolute Gasteiger partial charge is 0.407 e. The molecule has 2 amide bonds. The summed E-state index contributed by atoms with van der Waals surface area (Å²) in [6.07, 6.45) is 4.41. The van der Waals surface area contributed by atoms with E-state index in [1.165, 1.54) is 4.90 Å². The third-order valence-corrected chi connectivity index (χ3v) is 7.01. The minimum Gasteiger partial charge on any atom is -0.490 e. The Morgan fingerprint density at radius 2 is 1.87 bits per heavy atom. The summed E-state index contributed by atoms with van der Waals surface area (Å²) >= 11 is 6.28. The molecule has 3 rings (SSSR count). The summed E-state index contributed by atoms with van der Waals surface area (Å²) in [5.41, 5.74) is 0.424. The number of carboxylic acid groups (broad SMARTS) is 1. The van der Waals surface area contributed by atoms with Crippen molar-refractivity contribution in [1.29, 1.82) is 0 Å². The molecular formula is C24H35ClN2O4. The molecule has 172 valence electrons. The molecule has 7 heteroatoms. The topological polar surface area (TPSA) is 70.1 Å². The molecule has 2 fully saturated rings. The zero-order valence-electron chi connectivity index (χ0n) is 19.2. The zero-order chi connectivity index (χ0) is 22.9. The van der Waals surface area contributed by atoms with Gasteiger partial charge in [0, 0.05) is 26.7 Å². The molecule has 0 bridgehead atoms. The second-order valence-corrected chi connectivity index (χ2v) is 10.8. The average Bonchev–Trinajstić information content (AvgIpc) is 2.65. The van der Waals surface area contributed by atoms with Crippen molar-refractivity contribution in [2.45, 2.75) is 65.0 Å². The highest BCUT2D eigenvalue weighted by atomic mass is 35.5. The van der Waals surface area contributed by atoms with Crippen molar-refractivity contribution in [3.05, 3.63) is 28.8 Å². The number of nitrogens with zero attached hydrogens (tertiary/aromatic N) is 2. The molecule has 1 heterocycles. The van der Waals surface area contributed by atoms with Crippen LogP contribution in [0.25, 0.3) is 0 Å². The van der Waals surface area contributed by atoms with Gasteiger partial charge in [0.25, 0.3) is 5.91 Å². The summed E-state index contributed by atoms with van der Waals surface area (Å²) in [4.78, 5) is 26.9. The number of halogens is 1. The van der Waals surface area contributed by atoms with Crippen LogP contribution >= 0.6 is 11.6 Å². The van der Waals surface area contributed by atoms with E-state index < -0.39 is 6.09 Å². The predicted molar refractivity (Wildman–Crippen MR) is 122 cm³/mol. The van der Waals surface area contributed by atoms with Gasteiger partial charge < -0.3 is 19.6 Å². The van der Waals surface area contributed by atoms with Gasteiger partial charge in [0.1, 0.15) is 5.75 Å². The van der Waals surface area contributed by atoms with Crippen LogP contribution in [0.15, 0.2) is 18.2 Å². The maximum Gasteiger partial charge on any atom is 0.407 e. The predicted octanol–water partition coefficient (Wildman–Crippen LogP) is 5.39. The Balaban J connectivity index is 1.49. The van der Waals surface area contributed by atoms with Crippen LogP contribution in [0.1, 0.15) is 63.2 Å². The summed E-state index contributed by atoms with van der Waals surface area (Å²) in [7, 11) is 3.40. The molecule has 1 aliphatic heterocycles. The number of rotatable bonds is 5. The Bertz CT molecular complexity index is 814. The van der Waals surface area contributed by atoms with Crippen molar-refractivity contribution >= 4 is 23.6 Å². The largest absolute Gasteiger partial charge is 0.490 e. The first-order valence-corrected chi connectivity index (χ1v) is 11.5. The quantitative estimate of drug-likeness (QED) is 0.652. The van der Waals surface area contributed by atoms with E-state index in [0.717, 1.165) is 32.1 Å². The number of likely N-dealkylation sites (tertiary alicyclic amines) is 1. The number of carbonyl (C=O) groups excluding carboxylic acids is 1. The Morgan fingerprint density at radius 1 is 1.19 bits per heavy atom. The lowest BCUT2D eigenvalue weighted by atomic mass is 9.70. The number of ether oxygens (including phenoxy) is 1. The SMILES string of the molecule is CN(C)C(=O)c1ccc(OC2CC(CC3CCN(C(=O)O)C(C(C)(C)C)C3)C2)cc1Cl. The lowest BCUT2D eigenvalue weighted by Gasteiger charge is -2.46. The second kappa shape index (κ2) is 9.27. The van der Waals surface area contributed by atoms with E-state index in [4.69, 9.17) is 16.3 Å². The fraction of sp³-hybridized carbons (Fsp3) is 0.667. The lowest BCUT2D eigenvalue weighted by molar-refractivity contribution is 0.0147. The number of carbonyl (C=O) groups is 2. The van der Waals surface area contributed by atoms with Crippen LogP contribution in [0.3, 0.4) is 0 Å². The highest BCUT2D eigenvalue weighted by Gasteiger charge is 2.40. The minimum absolute atomic E-state index is 0.0539. The molecule has 1 saturated heterocycles. The molecule has 6 nitrogen and oxygen atoms in total. The Labute approximate surface area is 190 Å². The minimum atomic E-state index is -0.799. The molecule has 1 saturated carbocycles. The van der Waals surface area contributed by atoms with Crippen LogP contribution < -0.4 is 4.74 Å². The van der Waals surface area contributed by atoms with E-state index in [9.17, 15) is 14.7 Å². The van der Waals surface area contributed by atoms with Gasteiger partial charge in [-0.2, -0.15) is 0 Å². The van der Waals surface area contributed by atoms with Gasteiger partial charge in [-0.15, -0.1) is 0 Å². The van der Waals surface area contributed by atoms with E-state index in [0.29, 0.717) is 34.7 Å². The third kappa shape index (κ3) is 5.65. The lowest BCUT2D eigenvalue weighted by Crippen LogP contribution is -2.52. The number of hydrogen-bond donors (Lipinski definition) is 1. The van der Waals surface area contributed by atoms with Gasteiger partial charge >= 0.3 is 6.09 Å². The molecular weight excluding hydrogens is 416 g/mol. The van der Waals surface area contributed by atoms with E-state index in [1.54, 1.807) is 31.1 Å². The number of hydrogen-bond acceptors (Lipinski definition) is 3. The Hall–Kier alpha value is -1.95. The van der Waals surface area contributed by atoms with Crippen molar-refractivity contribution in [3.63, 3.8) is 0 Å². The Kier molecular flexibility index (Phi) is 7.09. The maximum atomic E-state index is 12.1. The van der Waals surface area contributed by atoms with Gasteiger partial charge in [-0.1, -0.05) is 32.4 Å². The molecule has 0 radical (unpaired) electrons. The molecule has 1 aromatic carbocycles. The van der Waals surface area contributed by atoms with Crippen molar-refractivity contribution < 1.29 is 19.4 Å². The van der Waals surface area contributed by atoms with Gasteiger partial charge in [-0.3, -0.25) is 4.79 Å². The van der Waals surface area contributed by atoms with Crippen molar-refractivity contribution in [3.8, 4) is 5.75 Å². The van der Waals surface area contributed by atoms with E-state index >= 15 is 0 Å². The number of benzene rings is 1. The zero-order valence-corrected chi connectivity index (χ0v) is 20.0. The fourth-order valence-electron chi connectivity index (χ4n) is 4.91. The fourth-order valence-corrected chi connectivity index (χ4v) is 5.16. The summed E-state index contributed by atoms with van der Waals surface area (Å²) < 4.78 is 6.07. The van der Waals surface area contributed by atoms with E-state index in [-0.39, 0.29) is 23.5 Å². The molecule has 0 aromatic heterocycles. The normalized spacial score (nSPS) is 26.2. The van der Waals surface area contributed by atoms with Crippen molar-refractivity contribution in [1.82, 2.24) is 9.80 Å². The highest BCUT2D eigenvalue weighted by molar-refractivity contribution is 6.34. The molecule has 0 spiro atoms. The second-order valence-electron chi connectivity index (χ2n) is 10.4. The summed E-state index contributed by atoms with van der Waals surface area (Å²) in [5, 5.41) is 9.95. The van der Waals surface area contributed by atoms with E-state index in [2.05, 4.69) is 20.8 Å². The summed E-state index contributed by atoms with van der Waals surface area (Å²) in [5.74, 6) is 1.77. The third-order valence-electron chi connectivity index (χ3n) is 6.70. The summed E-state index contributed by atoms with van der Waals surface area (Å²) in [6.45, 7) is 7.02. The molecule has 1 aromatic rings. The van der Waals surface area contributed by atoms with Gasteiger partial charge in [-0.25, -0.2) is 4.79 Å². The van der Waals surface area contributed by atoms with Crippen LogP contribution in [0.2, 0.25) is 5.02 Å². The van der Waals surface area contributed by atoms with Gasteiger partial charge in [-0.05, 0) is 67.6 Å². The van der Waals surface area contributed by atoms with Crippen LogP contribution in [0, 0.1) is 17.3 Å². The molecule has 1 N–H and O–H groups in total. The summed E-state index contributed by atoms with van der Waals surface area (Å²) in [6, 6.07) is 5.33. The average molecular weight is 451 g/mol. The first-order valence-electron chi connectivity index (χ1n) is 11.1. The van der Waals surface area contributed by atoms with Crippen molar-refractivity contribution in [2.24, 2.45) is 17.3 Å². The van der Waals surface area contributed by atoms with Gasteiger partial charge in [0.15, 0.2) is 0 Å². The molecule has 1 aliphatic carbocycles. The van der Waals surface area contributed by atoms with Gasteiger partial charge in [0.2, 0.25) is 0 Å². The Morgan fingerprint density at radius 3 is 2.42 bits per heavy atom. The van der Waals surface area contributed by atoms with E-state index in [1.807, 2.05) is 6.07 Å². The van der Waals surface area contributed by atoms with Crippen LogP contribution in [-0.2, 0) is 0 Å². The highest BCUT2D eigenvalue weighted by Crippen LogP contribution is 2.42. The van der Waals surface area contributed by atoms with Crippen LogP contribution in [0.4, 0.5) is 4.79 Å². The first kappa shape index (κ1) is 23.7. The standard InChI is InChI=1S/C24H35ClN2O4/c1-24(2,3)21-13-15(8-9-27(21)23(29)30)10-16-11-18(12-16)31-17-6-7-19(20(25)14-17)22(28)26(4)5/h6-7,14-16,18,21H,8-13H2,1-5H3,(H,29,30). The van der Waals surface area contributed by atoms with Crippen molar-refractivity contribution in [2.75, 3.05) is 20.6 Å². The van der Waals surface area contributed by atoms with Gasteiger partial charge in [0.05, 0.1) is 16.7 Å². The maximum absolute atomic E-state index is 12.1.